The highest BCUT2D eigenvalue weighted by Gasteiger charge is 2.19. The highest BCUT2D eigenvalue weighted by Crippen LogP contribution is 2.32. The van der Waals surface area contributed by atoms with Gasteiger partial charge in [0, 0.05) is 31.1 Å². The number of aromatic nitrogens is 1. The van der Waals surface area contributed by atoms with E-state index in [4.69, 9.17) is 4.98 Å². The number of aliphatic hydroxyl groups excluding tert-OH is 1. The number of nitrogens with zero attached hydrogens (tertiary/aromatic N) is 2. The van der Waals surface area contributed by atoms with Crippen LogP contribution in [0.25, 0.3) is 10.9 Å². The van der Waals surface area contributed by atoms with E-state index in [-0.39, 0.29) is 0 Å². The number of anilines is 2. The zero-order valence-electron chi connectivity index (χ0n) is 14.4. The summed E-state index contributed by atoms with van der Waals surface area (Å²) < 4.78 is 0. The van der Waals surface area contributed by atoms with Gasteiger partial charge in [-0.2, -0.15) is 0 Å². The molecule has 1 unspecified atom stereocenters. The maximum atomic E-state index is 9.55. The van der Waals surface area contributed by atoms with Crippen molar-refractivity contribution in [3.05, 3.63) is 65.7 Å². The second-order valence-corrected chi connectivity index (χ2v) is 6.71. The third-order valence-electron chi connectivity index (χ3n) is 4.74. The SMILES string of the molecule is CC(O)CNc1cc(N2CCc3ccccc3C2)c2ccccc2n1. The highest BCUT2D eigenvalue weighted by molar-refractivity contribution is 5.93. The molecule has 0 saturated carbocycles. The van der Waals surface area contributed by atoms with Gasteiger partial charge in [0.1, 0.15) is 5.82 Å². The van der Waals surface area contributed by atoms with Gasteiger partial charge in [0.05, 0.1) is 17.3 Å². The van der Waals surface area contributed by atoms with Crippen LogP contribution in [0.4, 0.5) is 11.5 Å². The Balaban J connectivity index is 1.73. The first-order valence-electron chi connectivity index (χ1n) is 8.84. The number of hydrogen-bond donors (Lipinski definition) is 2. The van der Waals surface area contributed by atoms with E-state index in [1.165, 1.54) is 22.2 Å². The topological polar surface area (TPSA) is 48.4 Å². The van der Waals surface area contributed by atoms with Gasteiger partial charge in [-0.25, -0.2) is 4.98 Å². The number of pyridine rings is 1. The van der Waals surface area contributed by atoms with Gasteiger partial charge in [0.15, 0.2) is 0 Å². The second-order valence-electron chi connectivity index (χ2n) is 6.71. The predicted octanol–water partition coefficient (Wildman–Crippen LogP) is 3.59. The molecular formula is C21H23N3O. The summed E-state index contributed by atoms with van der Waals surface area (Å²) in [6, 6.07) is 19.1. The molecule has 25 heavy (non-hydrogen) atoms. The number of hydrogen-bond acceptors (Lipinski definition) is 4. The molecule has 1 aromatic heterocycles. The summed E-state index contributed by atoms with van der Waals surface area (Å²) in [4.78, 5) is 7.13. The van der Waals surface area contributed by atoms with Crippen LogP contribution >= 0.6 is 0 Å². The molecule has 1 atom stereocenters. The van der Waals surface area contributed by atoms with Gasteiger partial charge in [0.25, 0.3) is 0 Å². The van der Waals surface area contributed by atoms with Crippen molar-refractivity contribution in [3.8, 4) is 0 Å². The van der Waals surface area contributed by atoms with E-state index < -0.39 is 6.10 Å². The van der Waals surface area contributed by atoms with Crippen molar-refractivity contribution in [2.24, 2.45) is 0 Å². The van der Waals surface area contributed by atoms with Gasteiger partial charge >= 0.3 is 0 Å². The van der Waals surface area contributed by atoms with Crippen LogP contribution in [-0.2, 0) is 13.0 Å². The first kappa shape index (κ1) is 15.9. The monoisotopic (exact) mass is 333 g/mol. The Hall–Kier alpha value is -2.59. The molecular weight excluding hydrogens is 310 g/mol. The summed E-state index contributed by atoms with van der Waals surface area (Å²) in [5.41, 5.74) is 5.03. The summed E-state index contributed by atoms with van der Waals surface area (Å²) in [6.45, 7) is 4.19. The predicted molar refractivity (Wildman–Crippen MR) is 103 cm³/mol. The average molecular weight is 333 g/mol. The van der Waals surface area contributed by atoms with Gasteiger partial charge in [0.2, 0.25) is 0 Å². The van der Waals surface area contributed by atoms with Crippen molar-refractivity contribution >= 4 is 22.4 Å². The Bertz CT molecular complexity index is 891. The normalized spacial score (nSPS) is 15.0. The molecule has 2 aromatic carbocycles. The van der Waals surface area contributed by atoms with E-state index in [2.05, 4.69) is 52.7 Å². The summed E-state index contributed by atoms with van der Waals surface area (Å²) in [7, 11) is 0. The number of rotatable bonds is 4. The zero-order chi connectivity index (χ0) is 17.2. The largest absolute Gasteiger partial charge is 0.392 e. The standard InChI is InChI=1S/C21H23N3O/c1-15(25)13-22-21-12-20(18-8-4-5-9-19(18)23-21)24-11-10-16-6-2-3-7-17(16)14-24/h2-9,12,15,25H,10-11,13-14H2,1H3,(H,22,23). The number of fused-ring (bicyclic) bond motifs is 2. The van der Waals surface area contributed by atoms with Crippen molar-refractivity contribution in [2.45, 2.75) is 26.0 Å². The van der Waals surface area contributed by atoms with Gasteiger partial charge < -0.3 is 15.3 Å². The van der Waals surface area contributed by atoms with Crippen molar-refractivity contribution in [1.29, 1.82) is 0 Å². The Morgan fingerprint density at radius 1 is 1.12 bits per heavy atom. The van der Waals surface area contributed by atoms with E-state index in [9.17, 15) is 5.11 Å². The lowest BCUT2D eigenvalue weighted by molar-refractivity contribution is 0.208. The van der Waals surface area contributed by atoms with Crippen molar-refractivity contribution in [2.75, 3.05) is 23.3 Å². The highest BCUT2D eigenvalue weighted by atomic mass is 16.3. The lowest BCUT2D eigenvalue weighted by Crippen LogP contribution is -2.30. The smallest absolute Gasteiger partial charge is 0.128 e. The van der Waals surface area contributed by atoms with Crippen LogP contribution in [-0.4, -0.2) is 29.3 Å². The summed E-state index contributed by atoms with van der Waals surface area (Å²) >= 11 is 0. The molecule has 4 rings (SSSR count). The summed E-state index contributed by atoms with van der Waals surface area (Å²) in [5, 5.41) is 14.0. The van der Waals surface area contributed by atoms with E-state index in [1.54, 1.807) is 6.92 Å². The van der Waals surface area contributed by atoms with E-state index in [0.29, 0.717) is 6.54 Å². The minimum absolute atomic E-state index is 0.404. The average Bonchev–Trinajstić information content (AvgIpc) is 2.65. The van der Waals surface area contributed by atoms with E-state index >= 15 is 0 Å². The summed E-state index contributed by atoms with van der Waals surface area (Å²) in [6.07, 6.45) is 0.655. The van der Waals surface area contributed by atoms with Crippen molar-refractivity contribution in [3.63, 3.8) is 0 Å². The zero-order valence-corrected chi connectivity index (χ0v) is 14.4. The fourth-order valence-corrected chi connectivity index (χ4v) is 3.46. The van der Waals surface area contributed by atoms with E-state index in [1.807, 2.05) is 12.1 Å². The molecule has 0 amide bonds. The van der Waals surface area contributed by atoms with Crippen LogP contribution < -0.4 is 10.2 Å². The molecule has 3 aromatic rings. The number of benzene rings is 2. The van der Waals surface area contributed by atoms with Crippen LogP contribution in [0.3, 0.4) is 0 Å². The van der Waals surface area contributed by atoms with E-state index in [0.717, 1.165) is 30.8 Å². The molecule has 0 bridgehead atoms. The molecule has 1 aliphatic heterocycles. The molecule has 2 heterocycles. The number of nitrogens with one attached hydrogen (secondary N) is 1. The van der Waals surface area contributed by atoms with Crippen molar-refractivity contribution < 1.29 is 5.11 Å². The minimum Gasteiger partial charge on any atom is -0.392 e. The molecule has 0 saturated heterocycles. The summed E-state index contributed by atoms with van der Waals surface area (Å²) in [5.74, 6) is 0.813. The van der Waals surface area contributed by atoms with Crippen molar-refractivity contribution in [1.82, 2.24) is 4.98 Å². The molecule has 2 N–H and O–H groups in total. The Morgan fingerprint density at radius 3 is 2.72 bits per heavy atom. The molecule has 0 aliphatic carbocycles. The Labute approximate surface area is 148 Å². The molecule has 128 valence electrons. The first-order valence-corrected chi connectivity index (χ1v) is 8.84. The molecule has 1 aliphatic rings. The van der Waals surface area contributed by atoms with Gasteiger partial charge in [-0.15, -0.1) is 0 Å². The molecule has 0 fully saturated rings. The van der Waals surface area contributed by atoms with Gasteiger partial charge in [-0.3, -0.25) is 0 Å². The number of aliphatic hydroxyl groups is 1. The second kappa shape index (κ2) is 6.73. The lowest BCUT2D eigenvalue weighted by Gasteiger charge is -2.32. The number of para-hydroxylation sites is 1. The molecule has 0 radical (unpaired) electrons. The van der Waals surface area contributed by atoms with Gasteiger partial charge in [-0.1, -0.05) is 42.5 Å². The molecule has 4 nitrogen and oxygen atoms in total. The fraction of sp³-hybridized carbons (Fsp3) is 0.286. The maximum Gasteiger partial charge on any atom is 0.128 e. The fourth-order valence-electron chi connectivity index (χ4n) is 3.46. The van der Waals surface area contributed by atoms with Crippen LogP contribution in [0.1, 0.15) is 18.1 Å². The third kappa shape index (κ3) is 3.30. The maximum absolute atomic E-state index is 9.55. The van der Waals surface area contributed by atoms with Crippen LogP contribution in [0.15, 0.2) is 54.6 Å². The van der Waals surface area contributed by atoms with Crippen LogP contribution in [0.2, 0.25) is 0 Å². The molecule has 0 spiro atoms. The quantitative estimate of drug-likeness (QED) is 0.766. The van der Waals surface area contributed by atoms with Gasteiger partial charge in [-0.05, 0) is 30.5 Å². The Morgan fingerprint density at radius 2 is 1.88 bits per heavy atom. The van der Waals surface area contributed by atoms with Crippen LogP contribution in [0, 0.1) is 0 Å². The lowest BCUT2D eigenvalue weighted by atomic mass is 9.99. The first-order chi connectivity index (χ1) is 12.2. The third-order valence-corrected chi connectivity index (χ3v) is 4.74. The van der Waals surface area contributed by atoms with Crippen LogP contribution in [0.5, 0.6) is 0 Å². The Kier molecular flexibility index (Phi) is 4.28. The minimum atomic E-state index is -0.404. The molecule has 4 heteroatoms.